The van der Waals surface area contributed by atoms with E-state index in [-0.39, 0.29) is 6.04 Å². The smallest absolute Gasteiger partial charge is 0.258 e. The zero-order valence-corrected chi connectivity index (χ0v) is 20.4. The fraction of sp³-hybridized carbons (Fsp3) is 0.292. The number of thiocarbonyl (C=S) groups is 1. The molecule has 1 N–H and O–H groups in total. The van der Waals surface area contributed by atoms with Crippen molar-refractivity contribution in [1.82, 2.24) is 20.4 Å². The van der Waals surface area contributed by atoms with Gasteiger partial charge in [-0.25, -0.2) is 0 Å². The normalized spacial score (nSPS) is 16.6. The van der Waals surface area contributed by atoms with Gasteiger partial charge in [-0.2, -0.15) is 4.98 Å². The Morgan fingerprint density at radius 3 is 2.53 bits per heavy atom. The predicted octanol–water partition coefficient (Wildman–Crippen LogP) is 6.75. The van der Waals surface area contributed by atoms with Crippen LogP contribution in [-0.2, 0) is 0 Å². The van der Waals surface area contributed by atoms with Gasteiger partial charge in [-0.05, 0) is 61.3 Å². The van der Waals surface area contributed by atoms with Gasteiger partial charge in [0.25, 0.3) is 5.89 Å². The first kappa shape index (κ1) is 22.8. The number of aromatic nitrogens is 2. The van der Waals surface area contributed by atoms with Gasteiger partial charge in [-0.1, -0.05) is 66.5 Å². The average Bonchev–Trinajstić information content (AvgIpc) is 3.22. The van der Waals surface area contributed by atoms with E-state index in [2.05, 4.69) is 29.2 Å². The van der Waals surface area contributed by atoms with Crippen LogP contribution in [0.15, 0.2) is 58.8 Å². The monoisotopic (exact) mass is 486 g/mol. The van der Waals surface area contributed by atoms with Crippen LogP contribution in [0, 0.1) is 5.92 Å². The van der Waals surface area contributed by atoms with Crippen molar-refractivity contribution in [2.45, 2.75) is 33.2 Å². The van der Waals surface area contributed by atoms with Crippen LogP contribution in [-0.4, -0.2) is 26.7 Å². The molecule has 0 spiro atoms. The molecule has 166 valence electrons. The molecule has 8 heteroatoms. The molecular formula is C24H24Cl2N4OS. The summed E-state index contributed by atoms with van der Waals surface area (Å²) in [6, 6.07) is 14.8. The molecule has 2 aromatic carbocycles. The van der Waals surface area contributed by atoms with E-state index in [1.807, 2.05) is 55.5 Å². The molecule has 0 saturated carbocycles. The average molecular weight is 487 g/mol. The van der Waals surface area contributed by atoms with Crippen molar-refractivity contribution in [3.63, 3.8) is 0 Å². The number of nitrogens with zero attached hydrogens (tertiary/aromatic N) is 3. The maximum absolute atomic E-state index is 6.29. The van der Waals surface area contributed by atoms with E-state index in [4.69, 9.17) is 44.9 Å². The summed E-state index contributed by atoms with van der Waals surface area (Å²) in [5, 5.41) is 9.62. The van der Waals surface area contributed by atoms with Crippen molar-refractivity contribution in [2.24, 2.45) is 5.92 Å². The second-order valence-electron chi connectivity index (χ2n) is 8.20. The molecule has 0 radical (unpaired) electrons. The number of benzene rings is 2. The summed E-state index contributed by atoms with van der Waals surface area (Å²) in [6.07, 6.45) is 1.01. The fourth-order valence-corrected chi connectivity index (χ4v) is 4.46. The van der Waals surface area contributed by atoms with Crippen molar-refractivity contribution >= 4 is 46.1 Å². The third-order valence-electron chi connectivity index (χ3n) is 5.45. The van der Waals surface area contributed by atoms with Crippen LogP contribution in [0.5, 0.6) is 0 Å². The first-order valence-corrected chi connectivity index (χ1v) is 11.6. The van der Waals surface area contributed by atoms with Gasteiger partial charge < -0.3 is 14.7 Å². The lowest BCUT2D eigenvalue weighted by molar-refractivity contribution is 0.390. The molecule has 0 saturated heterocycles. The summed E-state index contributed by atoms with van der Waals surface area (Å²) in [4.78, 5) is 6.82. The number of hydrogen-bond donors (Lipinski definition) is 1. The van der Waals surface area contributed by atoms with Crippen molar-refractivity contribution in [1.29, 1.82) is 0 Å². The van der Waals surface area contributed by atoms with Gasteiger partial charge in [0, 0.05) is 27.9 Å². The Bertz CT molecular complexity index is 1170. The third kappa shape index (κ3) is 4.82. The Balaban J connectivity index is 1.80. The fourth-order valence-electron chi connectivity index (χ4n) is 3.73. The zero-order valence-electron chi connectivity index (χ0n) is 18.1. The predicted molar refractivity (Wildman–Crippen MR) is 133 cm³/mol. The van der Waals surface area contributed by atoms with Gasteiger partial charge in [0.1, 0.15) is 0 Å². The van der Waals surface area contributed by atoms with Crippen LogP contribution in [0.25, 0.3) is 17.0 Å². The van der Waals surface area contributed by atoms with Gasteiger partial charge in [0.15, 0.2) is 5.11 Å². The topological polar surface area (TPSA) is 54.2 Å². The van der Waals surface area contributed by atoms with Crippen LogP contribution >= 0.6 is 35.4 Å². The maximum atomic E-state index is 6.29. The molecule has 5 nitrogen and oxygen atoms in total. The van der Waals surface area contributed by atoms with E-state index in [9.17, 15) is 0 Å². The van der Waals surface area contributed by atoms with Gasteiger partial charge in [-0.15, -0.1) is 0 Å². The van der Waals surface area contributed by atoms with Crippen LogP contribution in [0.3, 0.4) is 0 Å². The second kappa shape index (κ2) is 9.61. The first-order chi connectivity index (χ1) is 15.3. The molecule has 0 bridgehead atoms. The van der Waals surface area contributed by atoms with Crippen molar-refractivity contribution in [3.05, 3.63) is 75.7 Å². The number of halogens is 2. The lowest BCUT2D eigenvalue weighted by atomic mass is 9.94. The molecule has 1 atom stereocenters. The van der Waals surface area contributed by atoms with E-state index < -0.39 is 0 Å². The molecule has 1 aliphatic heterocycles. The van der Waals surface area contributed by atoms with Gasteiger partial charge in [0.2, 0.25) is 5.82 Å². The molecular weight excluding hydrogens is 463 g/mol. The third-order valence-corrected chi connectivity index (χ3v) is 6.26. The largest absolute Gasteiger partial charge is 0.351 e. The van der Waals surface area contributed by atoms with E-state index in [1.54, 1.807) is 0 Å². The summed E-state index contributed by atoms with van der Waals surface area (Å²) in [5.74, 6) is 1.47. The first-order valence-electron chi connectivity index (χ1n) is 10.5. The molecule has 1 aliphatic rings. The highest BCUT2D eigenvalue weighted by molar-refractivity contribution is 7.80. The van der Waals surface area contributed by atoms with E-state index in [0.717, 1.165) is 35.4 Å². The summed E-state index contributed by atoms with van der Waals surface area (Å²) >= 11 is 18.2. The number of allylic oxidation sites excluding steroid dienone is 1. The Kier molecular flexibility index (Phi) is 6.84. The zero-order chi connectivity index (χ0) is 22.8. The molecule has 0 fully saturated rings. The van der Waals surface area contributed by atoms with Gasteiger partial charge in [0.05, 0.1) is 11.6 Å². The van der Waals surface area contributed by atoms with Crippen molar-refractivity contribution < 1.29 is 4.52 Å². The molecule has 4 rings (SSSR count). The number of hydrogen-bond acceptors (Lipinski definition) is 4. The molecule has 2 heterocycles. The van der Waals surface area contributed by atoms with Gasteiger partial charge in [-0.3, -0.25) is 0 Å². The van der Waals surface area contributed by atoms with Crippen molar-refractivity contribution in [2.75, 3.05) is 6.54 Å². The quantitative estimate of drug-likeness (QED) is 0.388. The standard InChI is InChI=1S/C24H24Cl2N4OS/c1-14(2)10-11-30-15(3)20(21(27-24(30)32)16-6-4-8-18(25)12-16)23-28-22(29-31-23)17-7-5-9-19(26)13-17/h4-9,12-14,21H,10-11H2,1-3H3,(H,27,32). The number of nitrogens with one attached hydrogen (secondary N) is 1. The Morgan fingerprint density at radius 1 is 1.12 bits per heavy atom. The summed E-state index contributed by atoms with van der Waals surface area (Å²) in [5.41, 5.74) is 3.63. The molecule has 1 unspecified atom stereocenters. The second-order valence-corrected chi connectivity index (χ2v) is 9.46. The lowest BCUT2D eigenvalue weighted by Gasteiger charge is -2.37. The van der Waals surface area contributed by atoms with E-state index >= 15 is 0 Å². The molecule has 3 aromatic rings. The Labute approximate surface area is 203 Å². The summed E-state index contributed by atoms with van der Waals surface area (Å²) in [7, 11) is 0. The Hall–Kier alpha value is -2.41. The van der Waals surface area contributed by atoms with Crippen LogP contribution in [0.1, 0.15) is 44.7 Å². The van der Waals surface area contributed by atoms with Crippen LogP contribution in [0.4, 0.5) is 0 Å². The summed E-state index contributed by atoms with van der Waals surface area (Å²) < 4.78 is 5.75. The highest BCUT2D eigenvalue weighted by Gasteiger charge is 2.34. The van der Waals surface area contributed by atoms with Crippen molar-refractivity contribution in [3.8, 4) is 11.4 Å². The minimum absolute atomic E-state index is 0.260. The molecule has 0 aliphatic carbocycles. The lowest BCUT2D eigenvalue weighted by Crippen LogP contribution is -2.46. The Morgan fingerprint density at radius 2 is 1.84 bits per heavy atom. The van der Waals surface area contributed by atoms with E-state index in [0.29, 0.717) is 32.8 Å². The molecule has 1 aromatic heterocycles. The maximum Gasteiger partial charge on any atom is 0.258 e. The molecule has 0 amide bonds. The van der Waals surface area contributed by atoms with Gasteiger partial charge >= 0.3 is 0 Å². The van der Waals surface area contributed by atoms with Crippen LogP contribution in [0.2, 0.25) is 10.0 Å². The molecule has 32 heavy (non-hydrogen) atoms. The highest BCUT2D eigenvalue weighted by Crippen LogP contribution is 2.38. The van der Waals surface area contributed by atoms with E-state index in [1.165, 1.54) is 0 Å². The minimum Gasteiger partial charge on any atom is -0.351 e. The minimum atomic E-state index is -0.260. The number of rotatable bonds is 6. The SMILES string of the molecule is CC1=C(c2nc(-c3cccc(Cl)c3)no2)C(c2cccc(Cl)c2)NC(=S)N1CCC(C)C. The highest BCUT2D eigenvalue weighted by atomic mass is 35.5. The van der Waals surface area contributed by atoms with Crippen LogP contribution < -0.4 is 5.32 Å². The summed E-state index contributed by atoms with van der Waals surface area (Å²) in [6.45, 7) is 7.24.